The summed E-state index contributed by atoms with van der Waals surface area (Å²) in [5.74, 6) is 2.76. The van der Waals surface area contributed by atoms with Gasteiger partial charge < -0.3 is 10.1 Å². The fourth-order valence-corrected chi connectivity index (χ4v) is 3.25. The minimum atomic E-state index is 0.772. The predicted molar refractivity (Wildman–Crippen MR) is 78.5 cm³/mol. The minimum absolute atomic E-state index is 0.772. The van der Waals surface area contributed by atoms with E-state index in [-0.39, 0.29) is 0 Å². The molecule has 3 rings (SSSR count). The van der Waals surface area contributed by atoms with Gasteiger partial charge in [0.15, 0.2) is 0 Å². The van der Waals surface area contributed by atoms with E-state index in [1.165, 1.54) is 36.8 Å². The maximum absolute atomic E-state index is 6.03. The average Bonchev–Trinajstić information content (AvgIpc) is 2.46. The predicted octanol–water partition coefficient (Wildman–Crippen LogP) is 3.54. The molecule has 0 amide bonds. The van der Waals surface area contributed by atoms with Crippen LogP contribution in [0.4, 0.5) is 0 Å². The molecular weight excluding hydrogens is 234 g/mol. The summed E-state index contributed by atoms with van der Waals surface area (Å²) < 4.78 is 6.03. The lowest BCUT2D eigenvalue weighted by Gasteiger charge is -2.26. The molecule has 19 heavy (non-hydrogen) atoms. The fourth-order valence-electron chi connectivity index (χ4n) is 3.25. The van der Waals surface area contributed by atoms with Crippen LogP contribution >= 0.6 is 0 Å². The van der Waals surface area contributed by atoms with Gasteiger partial charge in [-0.3, -0.25) is 0 Å². The van der Waals surface area contributed by atoms with Crippen LogP contribution in [0.25, 0.3) is 0 Å². The van der Waals surface area contributed by atoms with Gasteiger partial charge in [-0.15, -0.1) is 0 Å². The summed E-state index contributed by atoms with van der Waals surface area (Å²) in [6.45, 7) is 5.38. The number of fused-ring (bicyclic) bond motifs is 1. The number of ether oxygens (including phenoxy) is 1. The van der Waals surface area contributed by atoms with E-state index < -0.39 is 0 Å². The van der Waals surface area contributed by atoms with Gasteiger partial charge in [0.1, 0.15) is 5.75 Å². The zero-order valence-electron chi connectivity index (χ0n) is 12.0. The highest BCUT2D eigenvalue weighted by Crippen LogP contribution is 2.29. The van der Waals surface area contributed by atoms with Gasteiger partial charge >= 0.3 is 0 Å². The van der Waals surface area contributed by atoms with E-state index in [9.17, 15) is 0 Å². The van der Waals surface area contributed by atoms with Crippen molar-refractivity contribution in [2.45, 2.75) is 45.6 Å². The van der Waals surface area contributed by atoms with Gasteiger partial charge in [0.05, 0.1) is 6.61 Å². The van der Waals surface area contributed by atoms with E-state index in [0.29, 0.717) is 0 Å². The van der Waals surface area contributed by atoms with Crippen molar-refractivity contribution in [2.24, 2.45) is 11.8 Å². The molecular formula is C17H25NO. The lowest BCUT2D eigenvalue weighted by Crippen LogP contribution is -2.23. The lowest BCUT2D eigenvalue weighted by molar-refractivity contribution is 0.188. The molecule has 1 saturated carbocycles. The smallest absolute Gasteiger partial charge is 0.119 e. The van der Waals surface area contributed by atoms with Gasteiger partial charge in [0.25, 0.3) is 0 Å². The first-order valence-corrected chi connectivity index (χ1v) is 7.76. The highest BCUT2D eigenvalue weighted by atomic mass is 16.5. The maximum atomic E-state index is 6.03. The number of nitrogens with one attached hydrogen (secondary N) is 1. The molecule has 0 spiro atoms. The first-order valence-electron chi connectivity index (χ1n) is 7.76. The summed E-state index contributed by atoms with van der Waals surface area (Å²) in [5.41, 5.74) is 2.90. The molecule has 2 aliphatic rings. The zero-order chi connectivity index (χ0) is 13.1. The second-order valence-corrected chi connectivity index (χ2v) is 6.29. The molecule has 1 aliphatic heterocycles. The lowest BCUT2D eigenvalue weighted by atomic mass is 9.83. The molecule has 0 saturated heterocycles. The molecule has 1 aromatic carbocycles. The van der Waals surface area contributed by atoms with E-state index in [2.05, 4.69) is 30.4 Å². The summed E-state index contributed by atoms with van der Waals surface area (Å²) in [6.07, 6.45) is 6.58. The first-order chi connectivity index (χ1) is 9.31. The van der Waals surface area contributed by atoms with Gasteiger partial charge in [0, 0.05) is 6.54 Å². The van der Waals surface area contributed by atoms with Gasteiger partial charge in [-0.05, 0) is 60.9 Å². The van der Waals surface area contributed by atoms with Crippen LogP contribution in [-0.2, 0) is 13.0 Å². The molecule has 0 radical (unpaired) electrons. The van der Waals surface area contributed by atoms with E-state index in [1.54, 1.807) is 0 Å². The molecule has 0 atom stereocenters. The Labute approximate surface area is 116 Å². The number of hydrogen-bond acceptors (Lipinski definition) is 2. The van der Waals surface area contributed by atoms with Crippen LogP contribution in [0.3, 0.4) is 0 Å². The summed E-state index contributed by atoms with van der Waals surface area (Å²) in [4.78, 5) is 0. The average molecular weight is 259 g/mol. The van der Waals surface area contributed by atoms with Crippen molar-refractivity contribution in [3.05, 3.63) is 29.3 Å². The molecule has 0 aromatic heterocycles. The van der Waals surface area contributed by atoms with Gasteiger partial charge in [-0.1, -0.05) is 25.8 Å². The van der Waals surface area contributed by atoms with Crippen LogP contribution < -0.4 is 10.1 Å². The maximum Gasteiger partial charge on any atom is 0.119 e. The molecule has 0 unspecified atom stereocenters. The van der Waals surface area contributed by atoms with Crippen LogP contribution in [0.1, 0.15) is 43.7 Å². The summed E-state index contributed by atoms with van der Waals surface area (Å²) in [5, 5.41) is 3.41. The van der Waals surface area contributed by atoms with Crippen molar-refractivity contribution < 1.29 is 4.74 Å². The van der Waals surface area contributed by atoms with Crippen LogP contribution in [0.15, 0.2) is 18.2 Å². The third kappa shape index (κ3) is 3.30. The van der Waals surface area contributed by atoms with Crippen molar-refractivity contribution >= 4 is 0 Å². The van der Waals surface area contributed by atoms with Crippen molar-refractivity contribution in [1.29, 1.82) is 0 Å². The van der Waals surface area contributed by atoms with Crippen molar-refractivity contribution in [1.82, 2.24) is 5.32 Å². The fraction of sp³-hybridized carbons (Fsp3) is 0.647. The number of hydrogen-bond donors (Lipinski definition) is 1. The monoisotopic (exact) mass is 259 g/mol. The molecule has 1 aromatic rings. The molecule has 1 N–H and O–H groups in total. The standard InChI is InChI=1S/C17H25NO/c1-13-2-4-14(5-3-13)12-19-17-7-6-16-11-18-9-8-15(16)10-17/h6-7,10,13-14,18H,2-5,8-9,11-12H2,1H3. The van der Waals surface area contributed by atoms with E-state index in [4.69, 9.17) is 4.74 Å². The highest BCUT2D eigenvalue weighted by Gasteiger charge is 2.19. The summed E-state index contributed by atoms with van der Waals surface area (Å²) in [6, 6.07) is 6.61. The highest BCUT2D eigenvalue weighted by molar-refractivity contribution is 5.37. The normalized spacial score (nSPS) is 26.8. The first kappa shape index (κ1) is 13.0. The molecule has 1 aliphatic carbocycles. The molecule has 2 heteroatoms. The molecule has 1 heterocycles. The third-order valence-corrected chi connectivity index (χ3v) is 4.69. The van der Waals surface area contributed by atoms with Crippen molar-refractivity contribution in [3.8, 4) is 5.75 Å². The van der Waals surface area contributed by atoms with Crippen LogP contribution in [0, 0.1) is 11.8 Å². The van der Waals surface area contributed by atoms with Crippen LogP contribution in [-0.4, -0.2) is 13.2 Å². The molecule has 104 valence electrons. The second kappa shape index (κ2) is 5.96. The van der Waals surface area contributed by atoms with Gasteiger partial charge in [0.2, 0.25) is 0 Å². The van der Waals surface area contributed by atoms with E-state index in [1.807, 2.05) is 0 Å². The summed E-state index contributed by atoms with van der Waals surface area (Å²) in [7, 11) is 0. The number of rotatable bonds is 3. The van der Waals surface area contributed by atoms with Crippen LogP contribution in [0.2, 0.25) is 0 Å². The van der Waals surface area contributed by atoms with Gasteiger partial charge in [-0.2, -0.15) is 0 Å². The SMILES string of the molecule is CC1CCC(COc2ccc3c(c2)CCNC3)CC1. The Balaban J connectivity index is 1.55. The Kier molecular flexibility index (Phi) is 4.07. The Bertz CT molecular complexity index is 421. The van der Waals surface area contributed by atoms with E-state index >= 15 is 0 Å². The molecule has 1 fully saturated rings. The number of benzene rings is 1. The molecule has 0 bridgehead atoms. The van der Waals surface area contributed by atoms with Crippen LogP contribution in [0.5, 0.6) is 5.75 Å². The Morgan fingerprint density at radius 1 is 1.16 bits per heavy atom. The van der Waals surface area contributed by atoms with Crippen molar-refractivity contribution in [3.63, 3.8) is 0 Å². The zero-order valence-corrected chi connectivity index (χ0v) is 12.0. The quantitative estimate of drug-likeness (QED) is 0.896. The Morgan fingerprint density at radius 3 is 2.84 bits per heavy atom. The largest absolute Gasteiger partial charge is 0.493 e. The van der Waals surface area contributed by atoms with Gasteiger partial charge in [-0.25, -0.2) is 0 Å². The topological polar surface area (TPSA) is 21.3 Å². The van der Waals surface area contributed by atoms with Crippen molar-refractivity contribution in [2.75, 3.05) is 13.2 Å². The minimum Gasteiger partial charge on any atom is -0.493 e. The Hall–Kier alpha value is -1.02. The second-order valence-electron chi connectivity index (χ2n) is 6.29. The molecule has 2 nitrogen and oxygen atoms in total. The Morgan fingerprint density at radius 2 is 2.00 bits per heavy atom. The van der Waals surface area contributed by atoms with E-state index in [0.717, 1.165) is 43.7 Å². The summed E-state index contributed by atoms with van der Waals surface area (Å²) >= 11 is 0. The third-order valence-electron chi connectivity index (χ3n) is 4.69.